The Labute approximate surface area is 196 Å². The number of nitrogens with one attached hydrogen (secondary N) is 1. The van der Waals surface area contributed by atoms with E-state index in [2.05, 4.69) is 21.0 Å². The summed E-state index contributed by atoms with van der Waals surface area (Å²) >= 11 is 0. The number of morpholine rings is 1. The van der Waals surface area contributed by atoms with Crippen LogP contribution in [0, 0.1) is 6.92 Å². The number of aromatic amines is 1. The second kappa shape index (κ2) is 9.56. The Hall–Kier alpha value is -3.85. The van der Waals surface area contributed by atoms with Crippen LogP contribution >= 0.6 is 0 Å². The van der Waals surface area contributed by atoms with Gasteiger partial charge in [0.25, 0.3) is 0 Å². The summed E-state index contributed by atoms with van der Waals surface area (Å²) in [6.45, 7) is 4.65. The molecule has 34 heavy (non-hydrogen) atoms. The summed E-state index contributed by atoms with van der Waals surface area (Å²) < 4.78 is 22.8. The van der Waals surface area contributed by atoms with E-state index in [0.717, 1.165) is 16.6 Å². The Balaban J connectivity index is 1.34. The molecule has 176 valence electrons. The summed E-state index contributed by atoms with van der Waals surface area (Å²) in [5, 5.41) is 1.76. The van der Waals surface area contributed by atoms with Gasteiger partial charge >= 0.3 is 0 Å². The summed E-state index contributed by atoms with van der Waals surface area (Å²) in [5.74, 6) is 2.17. The first-order chi connectivity index (χ1) is 16.6. The number of methoxy groups -OCH3 is 1. The van der Waals surface area contributed by atoms with E-state index in [1.807, 2.05) is 25.1 Å². The smallest absolute Gasteiger partial charge is 0.230 e. The van der Waals surface area contributed by atoms with E-state index in [-0.39, 0.29) is 18.9 Å². The highest BCUT2D eigenvalue weighted by molar-refractivity contribution is 5.87. The monoisotopic (exact) mass is 462 g/mol. The maximum absolute atomic E-state index is 12.4. The number of fused-ring (bicyclic) bond motifs is 2. The van der Waals surface area contributed by atoms with Gasteiger partial charge in [-0.15, -0.1) is 0 Å². The molecular weight excluding hydrogens is 436 g/mol. The molecule has 0 radical (unpaired) electrons. The Kier molecular flexibility index (Phi) is 6.18. The highest BCUT2D eigenvalue weighted by Crippen LogP contribution is 2.36. The minimum Gasteiger partial charge on any atom is -0.493 e. The number of carbonyl (C=O) groups excluding carboxylic acids is 1. The van der Waals surface area contributed by atoms with Crippen LogP contribution in [-0.2, 0) is 9.53 Å². The van der Waals surface area contributed by atoms with Crippen LogP contribution in [0.5, 0.6) is 23.1 Å². The number of amides is 1. The van der Waals surface area contributed by atoms with Gasteiger partial charge in [0.05, 0.1) is 44.3 Å². The van der Waals surface area contributed by atoms with Crippen molar-refractivity contribution in [3.63, 3.8) is 0 Å². The molecule has 1 fully saturated rings. The van der Waals surface area contributed by atoms with Gasteiger partial charge < -0.3 is 28.8 Å². The van der Waals surface area contributed by atoms with Crippen molar-refractivity contribution in [2.24, 2.45) is 0 Å². The zero-order valence-electron chi connectivity index (χ0n) is 19.2. The lowest BCUT2D eigenvalue weighted by molar-refractivity contribution is -0.135. The molecule has 1 saturated heterocycles. The molecule has 0 atom stereocenters. The fraction of sp³-hybridized carbons (Fsp3) is 0.320. The van der Waals surface area contributed by atoms with Crippen LogP contribution < -0.4 is 14.2 Å². The number of ether oxygens (including phenoxy) is 4. The standard InChI is InChI=1S/C25H26N4O5/c1-16-11-17-12-18(3-4-20(17)28-16)34-25-19-13-22(31-2)23(14-21(19)26-15-27-25)33-8-5-24(30)29-6-9-32-10-7-29/h3-4,11-15,28H,5-10H2,1-2H3. The van der Waals surface area contributed by atoms with Crippen molar-refractivity contribution in [1.29, 1.82) is 0 Å². The lowest BCUT2D eigenvalue weighted by Gasteiger charge is -2.26. The summed E-state index contributed by atoms with van der Waals surface area (Å²) in [7, 11) is 1.57. The van der Waals surface area contributed by atoms with E-state index in [1.54, 1.807) is 24.1 Å². The second-order valence-electron chi connectivity index (χ2n) is 8.09. The van der Waals surface area contributed by atoms with Crippen molar-refractivity contribution in [3.8, 4) is 23.1 Å². The predicted molar refractivity (Wildman–Crippen MR) is 127 cm³/mol. The number of H-pyrrole nitrogens is 1. The van der Waals surface area contributed by atoms with Gasteiger partial charge in [-0.1, -0.05) is 0 Å². The average molecular weight is 463 g/mol. The maximum atomic E-state index is 12.4. The van der Waals surface area contributed by atoms with E-state index >= 15 is 0 Å². The van der Waals surface area contributed by atoms with Crippen molar-refractivity contribution in [3.05, 3.63) is 48.4 Å². The maximum Gasteiger partial charge on any atom is 0.230 e. The van der Waals surface area contributed by atoms with E-state index < -0.39 is 0 Å². The third kappa shape index (κ3) is 4.60. The molecule has 5 rings (SSSR count). The molecule has 2 aromatic carbocycles. The Morgan fingerprint density at radius 2 is 1.97 bits per heavy atom. The summed E-state index contributed by atoms with van der Waals surface area (Å²) in [4.78, 5) is 26.2. The highest BCUT2D eigenvalue weighted by atomic mass is 16.5. The highest BCUT2D eigenvalue weighted by Gasteiger charge is 2.18. The SMILES string of the molecule is COc1cc2c(Oc3ccc4[nH]c(C)cc4c3)ncnc2cc1OCCC(=O)N1CCOCC1. The number of benzene rings is 2. The molecule has 1 N–H and O–H groups in total. The average Bonchev–Trinajstić information content (AvgIpc) is 3.23. The largest absolute Gasteiger partial charge is 0.493 e. The molecular formula is C25H26N4O5. The fourth-order valence-corrected chi connectivity index (χ4v) is 4.04. The molecule has 0 bridgehead atoms. The molecule has 2 aromatic heterocycles. The number of hydrogen-bond acceptors (Lipinski definition) is 7. The normalized spacial score (nSPS) is 13.9. The summed E-state index contributed by atoms with van der Waals surface area (Å²) in [6.07, 6.45) is 1.73. The van der Waals surface area contributed by atoms with Crippen LogP contribution in [0.15, 0.2) is 42.7 Å². The van der Waals surface area contributed by atoms with Gasteiger partial charge in [-0.25, -0.2) is 9.97 Å². The van der Waals surface area contributed by atoms with Crippen LogP contribution in [0.1, 0.15) is 12.1 Å². The molecule has 1 aliphatic rings. The summed E-state index contributed by atoms with van der Waals surface area (Å²) in [5.41, 5.74) is 2.79. The first-order valence-corrected chi connectivity index (χ1v) is 11.2. The van der Waals surface area contributed by atoms with Gasteiger partial charge in [0.1, 0.15) is 12.1 Å². The minimum atomic E-state index is 0.0515. The minimum absolute atomic E-state index is 0.0515. The summed E-state index contributed by atoms with van der Waals surface area (Å²) in [6, 6.07) is 11.5. The molecule has 0 aliphatic carbocycles. The zero-order chi connectivity index (χ0) is 23.5. The van der Waals surface area contributed by atoms with E-state index in [0.29, 0.717) is 60.3 Å². The van der Waals surface area contributed by atoms with E-state index in [1.165, 1.54) is 6.33 Å². The number of rotatable bonds is 7. The van der Waals surface area contributed by atoms with Crippen molar-refractivity contribution in [2.45, 2.75) is 13.3 Å². The van der Waals surface area contributed by atoms with Crippen molar-refractivity contribution in [1.82, 2.24) is 19.9 Å². The molecule has 0 saturated carbocycles. The lowest BCUT2D eigenvalue weighted by Crippen LogP contribution is -2.41. The van der Waals surface area contributed by atoms with E-state index in [4.69, 9.17) is 18.9 Å². The quantitative estimate of drug-likeness (QED) is 0.445. The molecule has 9 heteroatoms. The third-order valence-corrected chi connectivity index (χ3v) is 5.76. The molecule has 1 amide bonds. The number of nitrogens with zero attached hydrogens (tertiary/aromatic N) is 3. The van der Waals surface area contributed by atoms with Crippen LogP contribution in [-0.4, -0.2) is 65.8 Å². The van der Waals surface area contributed by atoms with Gasteiger partial charge in [0, 0.05) is 35.8 Å². The molecule has 3 heterocycles. The Morgan fingerprint density at radius 3 is 2.79 bits per heavy atom. The van der Waals surface area contributed by atoms with Crippen LogP contribution in [0.3, 0.4) is 0 Å². The first-order valence-electron chi connectivity index (χ1n) is 11.2. The van der Waals surface area contributed by atoms with Crippen LogP contribution in [0.25, 0.3) is 21.8 Å². The van der Waals surface area contributed by atoms with Crippen LogP contribution in [0.4, 0.5) is 0 Å². The van der Waals surface area contributed by atoms with Crippen molar-refractivity contribution in [2.75, 3.05) is 40.0 Å². The Bertz CT molecular complexity index is 1330. The molecule has 0 unspecified atom stereocenters. The van der Waals surface area contributed by atoms with Gasteiger partial charge in [0.15, 0.2) is 11.5 Å². The van der Waals surface area contributed by atoms with E-state index in [9.17, 15) is 4.79 Å². The van der Waals surface area contributed by atoms with Crippen molar-refractivity contribution < 1.29 is 23.7 Å². The number of aryl methyl sites for hydroxylation is 1. The van der Waals surface area contributed by atoms with Crippen molar-refractivity contribution >= 4 is 27.7 Å². The third-order valence-electron chi connectivity index (χ3n) is 5.76. The van der Waals surface area contributed by atoms with Crippen LogP contribution in [0.2, 0.25) is 0 Å². The fourth-order valence-electron chi connectivity index (χ4n) is 4.04. The molecule has 9 nitrogen and oxygen atoms in total. The van der Waals surface area contributed by atoms with Gasteiger partial charge in [-0.05, 0) is 37.3 Å². The predicted octanol–water partition coefficient (Wildman–Crippen LogP) is 3.85. The molecule has 4 aromatic rings. The number of carbonyl (C=O) groups is 1. The number of aromatic nitrogens is 3. The Morgan fingerprint density at radius 1 is 1.12 bits per heavy atom. The molecule has 0 spiro atoms. The van der Waals surface area contributed by atoms with Gasteiger partial charge in [-0.3, -0.25) is 4.79 Å². The molecule has 1 aliphatic heterocycles. The van der Waals surface area contributed by atoms with Gasteiger partial charge in [-0.2, -0.15) is 0 Å². The second-order valence-corrected chi connectivity index (χ2v) is 8.09. The lowest BCUT2D eigenvalue weighted by atomic mass is 10.2. The topological polar surface area (TPSA) is 98.8 Å². The zero-order valence-corrected chi connectivity index (χ0v) is 19.2. The first kappa shape index (κ1) is 22.0. The van der Waals surface area contributed by atoms with Gasteiger partial charge in [0.2, 0.25) is 11.8 Å². The number of hydrogen-bond donors (Lipinski definition) is 1.